The molecule has 3 aromatic rings. The minimum Gasteiger partial charge on any atom is -0.378 e. The molecule has 1 atom stereocenters. The third-order valence-electron chi connectivity index (χ3n) is 5.93. The predicted molar refractivity (Wildman–Crippen MR) is 124 cm³/mol. The lowest BCUT2D eigenvalue weighted by Gasteiger charge is -2.37. The summed E-state index contributed by atoms with van der Waals surface area (Å²) < 4.78 is 66.5. The largest absolute Gasteiger partial charge is 0.394 e. The maximum atomic E-state index is 14.4. The van der Waals surface area contributed by atoms with Crippen LogP contribution in [0.1, 0.15) is 24.4 Å². The van der Waals surface area contributed by atoms with Crippen LogP contribution in [0.3, 0.4) is 0 Å². The monoisotopic (exact) mass is 526 g/mol. The molecule has 0 unspecified atom stereocenters. The van der Waals surface area contributed by atoms with E-state index in [0.717, 1.165) is 18.6 Å². The summed E-state index contributed by atoms with van der Waals surface area (Å²) in [5.41, 5.74) is 1.30. The van der Waals surface area contributed by atoms with E-state index in [9.17, 15) is 13.6 Å². The van der Waals surface area contributed by atoms with E-state index < -0.39 is 22.0 Å². The Kier molecular flexibility index (Phi) is 7.35. The zero-order valence-electron chi connectivity index (χ0n) is 19.1. The van der Waals surface area contributed by atoms with Crippen molar-refractivity contribution in [1.82, 2.24) is 19.5 Å². The van der Waals surface area contributed by atoms with E-state index in [4.69, 9.17) is 22.3 Å². The highest BCUT2D eigenvalue weighted by Crippen LogP contribution is 2.37. The third kappa shape index (κ3) is 5.87. The van der Waals surface area contributed by atoms with E-state index in [2.05, 4.69) is 15.4 Å². The van der Waals surface area contributed by atoms with Gasteiger partial charge in [0.1, 0.15) is 23.1 Å². The Morgan fingerprint density at radius 2 is 1.94 bits per heavy atom. The maximum Gasteiger partial charge on any atom is 0.394 e. The number of benzene rings is 1. The molecule has 5 rings (SSSR count). The first kappa shape index (κ1) is 25.7. The van der Waals surface area contributed by atoms with Crippen molar-refractivity contribution in [2.75, 3.05) is 37.0 Å². The van der Waals surface area contributed by atoms with Crippen molar-refractivity contribution in [2.45, 2.75) is 25.0 Å². The Balaban J connectivity index is 0.000000556. The first-order valence-corrected chi connectivity index (χ1v) is 12.3. The number of carbonyl (C=O) groups is 1. The fourth-order valence-corrected chi connectivity index (χ4v) is 4.19. The van der Waals surface area contributed by atoms with Gasteiger partial charge in [-0.15, -0.1) is 0 Å². The van der Waals surface area contributed by atoms with Crippen molar-refractivity contribution in [1.29, 1.82) is 0 Å². The van der Waals surface area contributed by atoms with Crippen LogP contribution >= 0.6 is 0 Å². The van der Waals surface area contributed by atoms with Crippen LogP contribution in [-0.4, -0.2) is 75.9 Å². The van der Waals surface area contributed by atoms with E-state index in [1.54, 1.807) is 35.0 Å². The van der Waals surface area contributed by atoms with Gasteiger partial charge in [0.2, 0.25) is 0 Å². The number of nitrogens with one attached hydrogen (secondary N) is 1. The Labute approximate surface area is 205 Å². The van der Waals surface area contributed by atoms with Crippen LogP contribution in [0.2, 0.25) is 0 Å². The number of hydrogen-bond donors (Lipinski definition) is 3. The highest BCUT2D eigenvalue weighted by atomic mass is 32.3. The van der Waals surface area contributed by atoms with Gasteiger partial charge in [-0.1, -0.05) is 0 Å². The molecule has 0 aliphatic carbocycles. The lowest BCUT2D eigenvalue weighted by atomic mass is 10.0. The van der Waals surface area contributed by atoms with Crippen molar-refractivity contribution in [2.24, 2.45) is 0 Å². The molecule has 2 aromatic heterocycles. The summed E-state index contributed by atoms with van der Waals surface area (Å²) in [4.78, 5) is 20.7. The van der Waals surface area contributed by atoms with Crippen molar-refractivity contribution in [3.8, 4) is 0 Å². The van der Waals surface area contributed by atoms with Gasteiger partial charge < -0.3 is 19.9 Å². The van der Waals surface area contributed by atoms with Crippen LogP contribution in [0.5, 0.6) is 0 Å². The molecule has 2 amide bonds. The molecule has 3 N–H and O–H groups in total. The van der Waals surface area contributed by atoms with Crippen LogP contribution < -0.4 is 10.2 Å². The van der Waals surface area contributed by atoms with Crippen LogP contribution in [0.25, 0.3) is 5.65 Å². The number of anilines is 2. The Hall–Kier alpha value is -3.40. The van der Waals surface area contributed by atoms with Gasteiger partial charge in [-0.2, -0.15) is 13.5 Å². The van der Waals surface area contributed by atoms with Crippen molar-refractivity contribution < 1.29 is 35.8 Å². The molecule has 2 aliphatic rings. The zero-order chi connectivity index (χ0) is 26.0. The SMILES string of the molecule is COC1CN(C(=O)Nc2cnn3ccc(N4CCC[C@@H]4c4cc(F)ccc4F)nc23)C1.O=S(=O)(O)O. The number of rotatable bonds is 4. The maximum absolute atomic E-state index is 14.4. The number of amides is 2. The summed E-state index contributed by atoms with van der Waals surface area (Å²) in [5, 5.41) is 7.09. The minimum absolute atomic E-state index is 0.0645. The summed E-state index contributed by atoms with van der Waals surface area (Å²) >= 11 is 0. The van der Waals surface area contributed by atoms with E-state index in [1.807, 2.05) is 4.90 Å². The molecule has 15 heteroatoms. The number of hydrogen-bond acceptors (Lipinski definition) is 7. The van der Waals surface area contributed by atoms with Crippen molar-refractivity contribution in [3.05, 3.63) is 53.9 Å². The number of methoxy groups -OCH3 is 1. The fourth-order valence-electron chi connectivity index (χ4n) is 4.19. The molecule has 2 saturated heterocycles. The normalized spacial score (nSPS) is 18.1. The van der Waals surface area contributed by atoms with Crippen molar-refractivity contribution in [3.63, 3.8) is 0 Å². The fraction of sp³-hybridized carbons (Fsp3) is 0.381. The molecule has 12 nitrogen and oxygen atoms in total. The Bertz CT molecular complexity index is 1360. The topological polar surface area (TPSA) is 150 Å². The molecule has 194 valence electrons. The van der Waals surface area contributed by atoms with Crippen LogP contribution in [0.4, 0.5) is 25.1 Å². The standard InChI is InChI=1S/C21H22F2N6O2.H2O4S/c1-31-14-11-27(12-14)21(30)25-17-10-24-29-8-6-19(26-20(17)29)28-7-2-3-18(28)15-9-13(22)4-5-16(15)23;1-5(2,3)4/h4-6,8-10,14,18H,2-3,7,11-12H2,1H3,(H,25,30);(H2,1,2,3,4)/t18-;/m1./s1. The van der Waals surface area contributed by atoms with Gasteiger partial charge in [-0.05, 0) is 37.1 Å². The number of urea groups is 1. The quantitative estimate of drug-likeness (QED) is 0.436. The molecule has 0 bridgehead atoms. The lowest BCUT2D eigenvalue weighted by Crippen LogP contribution is -2.55. The molecule has 0 saturated carbocycles. The summed E-state index contributed by atoms with van der Waals surface area (Å²) in [6.07, 6.45) is 4.90. The molecule has 2 fully saturated rings. The third-order valence-corrected chi connectivity index (χ3v) is 5.93. The number of fused-ring (bicyclic) bond motifs is 1. The lowest BCUT2D eigenvalue weighted by molar-refractivity contribution is -0.00465. The number of carbonyl (C=O) groups excluding carboxylic acids is 1. The molecular weight excluding hydrogens is 502 g/mol. The van der Waals surface area contributed by atoms with Gasteiger partial charge in [0.05, 0.1) is 31.4 Å². The smallest absolute Gasteiger partial charge is 0.378 e. The van der Waals surface area contributed by atoms with Crippen LogP contribution in [0.15, 0.2) is 36.7 Å². The highest BCUT2D eigenvalue weighted by Gasteiger charge is 2.32. The number of likely N-dealkylation sites (tertiary alicyclic amines) is 1. The summed E-state index contributed by atoms with van der Waals surface area (Å²) in [7, 11) is -3.04. The molecule has 2 aliphatic heterocycles. The number of aromatic nitrogens is 3. The summed E-state index contributed by atoms with van der Waals surface area (Å²) in [5.74, 6) is -0.271. The second-order valence-corrected chi connectivity index (χ2v) is 9.17. The molecule has 36 heavy (non-hydrogen) atoms. The molecule has 1 aromatic carbocycles. The second-order valence-electron chi connectivity index (χ2n) is 8.27. The van der Waals surface area contributed by atoms with Crippen LogP contribution in [0, 0.1) is 11.6 Å². The van der Waals surface area contributed by atoms with Crippen molar-refractivity contribution >= 4 is 33.6 Å². The van der Waals surface area contributed by atoms with Gasteiger partial charge in [0.15, 0.2) is 5.65 Å². The second kappa shape index (κ2) is 10.3. The first-order chi connectivity index (χ1) is 17.0. The molecular formula is C21H24F2N6O6S. The van der Waals surface area contributed by atoms with E-state index >= 15 is 0 Å². The van der Waals surface area contributed by atoms with Gasteiger partial charge in [-0.25, -0.2) is 23.1 Å². The van der Waals surface area contributed by atoms with Gasteiger partial charge in [-0.3, -0.25) is 9.11 Å². The summed E-state index contributed by atoms with van der Waals surface area (Å²) in [6, 6.07) is 4.78. The number of ether oxygens (including phenoxy) is 1. The minimum atomic E-state index is -4.67. The first-order valence-electron chi connectivity index (χ1n) is 10.9. The highest BCUT2D eigenvalue weighted by molar-refractivity contribution is 7.79. The van der Waals surface area contributed by atoms with E-state index in [-0.39, 0.29) is 18.2 Å². The molecule has 4 heterocycles. The van der Waals surface area contributed by atoms with Crippen LogP contribution in [-0.2, 0) is 15.1 Å². The molecule has 0 radical (unpaired) electrons. The van der Waals surface area contributed by atoms with Gasteiger partial charge in [0, 0.05) is 25.4 Å². The zero-order valence-corrected chi connectivity index (χ0v) is 19.9. The average molecular weight is 527 g/mol. The van der Waals surface area contributed by atoms with E-state index in [1.165, 1.54) is 6.07 Å². The average Bonchev–Trinajstić information content (AvgIpc) is 3.41. The Morgan fingerprint density at radius 1 is 1.22 bits per heavy atom. The Morgan fingerprint density at radius 3 is 2.64 bits per heavy atom. The van der Waals surface area contributed by atoms with Gasteiger partial charge in [0.25, 0.3) is 0 Å². The number of nitrogens with zero attached hydrogens (tertiary/aromatic N) is 5. The number of halogens is 2. The van der Waals surface area contributed by atoms with E-state index in [0.29, 0.717) is 48.8 Å². The summed E-state index contributed by atoms with van der Waals surface area (Å²) in [6.45, 7) is 1.75. The predicted octanol–water partition coefficient (Wildman–Crippen LogP) is 2.56. The van der Waals surface area contributed by atoms with Gasteiger partial charge >= 0.3 is 16.4 Å². The molecule has 0 spiro atoms.